The summed E-state index contributed by atoms with van der Waals surface area (Å²) in [6.07, 6.45) is 0. The van der Waals surface area contributed by atoms with Crippen molar-refractivity contribution in [3.63, 3.8) is 0 Å². The minimum Gasteiger partial charge on any atom is -0.362 e. The maximum atomic E-state index is 4.21. The number of hydrogen-bond donors (Lipinski definition) is 0. The third-order valence-corrected chi connectivity index (χ3v) is 19.4. The maximum Gasteiger partial charge on any atom is 0.170 e. The van der Waals surface area contributed by atoms with Crippen LogP contribution in [0.3, 0.4) is 0 Å². The van der Waals surface area contributed by atoms with Crippen molar-refractivity contribution < 1.29 is 0 Å². The molecule has 0 aliphatic rings. The number of aromatic nitrogens is 1. The zero-order valence-corrected chi connectivity index (χ0v) is 24.7. The van der Waals surface area contributed by atoms with Crippen LogP contribution in [0, 0.1) is 0 Å². The average molecular weight is 566 g/mol. The molecule has 0 aliphatic heterocycles. The second-order valence-electron chi connectivity index (χ2n) is 10.0. The Bertz CT molecular complexity index is 1010. The summed E-state index contributed by atoms with van der Waals surface area (Å²) in [6, 6.07) is 18.0. The highest BCUT2D eigenvalue weighted by molar-refractivity contribution is 9.10. The molecule has 0 N–H and O–H groups in total. The predicted molar refractivity (Wildman–Crippen MR) is 147 cm³/mol. The van der Waals surface area contributed by atoms with E-state index in [1.165, 1.54) is 25.9 Å². The third-order valence-electron chi connectivity index (χ3n) is 7.15. The normalized spacial score (nSPS) is 13.2. The number of benzene rings is 2. The van der Waals surface area contributed by atoms with E-state index in [1.807, 2.05) is 0 Å². The molecule has 0 bridgehead atoms. The first-order chi connectivity index (χ1) is 14.0. The van der Waals surface area contributed by atoms with E-state index < -0.39 is 16.3 Å². The van der Waals surface area contributed by atoms with E-state index >= 15 is 0 Å². The molecule has 1 aromatic heterocycles. The van der Waals surface area contributed by atoms with Crippen molar-refractivity contribution in [2.45, 2.75) is 71.3 Å². The minimum absolute atomic E-state index is 0.641. The second kappa shape index (κ2) is 8.72. The first-order valence-corrected chi connectivity index (χ1v) is 17.8. The van der Waals surface area contributed by atoms with Gasteiger partial charge in [0.2, 0.25) is 0 Å². The quantitative estimate of drug-likeness (QED) is 0.267. The fourth-order valence-electron chi connectivity index (χ4n) is 5.98. The lowest BCUT2D eigenvalue weighted by Gasteiger charge is -2.45. The molecule has 2 aromatic carbocycles. The average Bonchev–Trinajstić information content (AvgIpc) is 2.94. The van der Waals surface area contributed by atoms with E-state index in [9.17, 15) is 0 Å². The van der Waals surface area contributed by atoms with Crippen LogP contribution in [0.4, 0.5) is 0 Å². The van der Waals surface area contributed by atoms with Crippen molar-refractivity contribution in [3.8, 4) is 0 Å². The molecule has 30 heavy (non-hydrogen) atoms. The summed E-state index contributed by atoms with van der Waals surface area (Å²) < 4.78 is 5.28. The number of hydrogen-bond acceptors (Lipinski definition) is 0. The summed E-state index contributed by atoms with van der Waals surface area (Å²) in [6.45, 7) is 19.7. The van der Waals surface area contributed by atoms with Gasteiger partial charge in [-0.1, -0.05) is 106 Å². The van der Waals surface area contributed by atoms with E-state index in [1.54, 1.807) is 0 Å². The van der Waals surface area contributed by atoms with Gasteiger partial charge in [0, 0.05) is 15.4 Å². The molecule has 1 heterocycles. The van der Waals surface area contributed by atoms with Gasteiger partial charge in [-0.05, 0) is 55.9 Å². The number of nitrogens with zero attached hydrogens (tertiary/aromatic N) is 1. The number of rotatable bonds is 6. The van der Waals surface area contributed by atoms with Gasteiger partial charge in [-0.3, -0.25) is 0 Å². The van der Waals surface area contributed by atoms with Gasteiger partial charge in [0.25, 0.3) is 0 Å². The highest BCUT2D eigenvalue weighted by Crippen LogP contribution is 2.46. The third kappa shape index (κ3) is 3.64. The molecule has 0 aliphatic carbocycles. The van der Waals surface area contributed by atoms with E-state index in [4.69, 9.17) is 0 Å². The topological polar surface area (TPSA) is 4.93 Å². The van der Waals surface area contributed by atoms with E-state index in [0.29, 0.717) is 16.6 Å². The fourth-order valence-corrected chi connectivity index (χ4v) is 18.7. The molecule has 5 heteroatoms. The maximum absolute atomic E-state index is 4.21. The molecule has 0 unspecified atom stereocenters. The molecular weight excluding hydrogens is 530 g/mol. The van der Waals surface area contributed by atoms with Crippen LogP contribution in [0.5, 0.6) is 0 Å². The Kier molecular flexibility index (Phi) is 6.98. The summed E-state index contributed by atoms with van der Waals surface area (Å²) in [5, 5.41) is 4.43. The fraction of sp³-hybridized carbons (Fsp3) is 0.440. The van der Waals surface area contributed by atoms with Crippen molar-refractivity contribution in [1.29, 1.82) is 0 Å². The van der Waals surface area contributed by atoms with Crippen molar-refractivity contribution in [1.82, 2.24) is 4.23 Å². The molecule has 0 fully saturated rings. The summed E-state index contributed by atoms with van der Waals surface area (Å²) in [5.41, 5.74) is 3.33. The van der Waals surface area contributed by atoms with Crippen LogP contribution < -0.4 is 10.4 Å². The zero-order valence-electron chi connectivity index (χ0n) is 19.6. The van der Waals surface area contributed by atoms with Crippen LogP contribution in [0.1, 0.15) is 41.5 Å². The van der Waals surface area contributed by atoms with Gasteiger partial charge in [-0.25, -0.2) is 0 Å². The van der Waals surface area contributed by atoms with Gasteiger partial charge in [-0.15, -0.1) is 0 Å². The minimum atomic E-state index is -1.92. The van der Waals surface area contributed by atoms with Crippen LogP contribution in [0.25, 0.3) is 10.9 Å². The molecule has 3 aromatic rings. The highest BCUT2D eigenvalue weighted by atomic mass is 79.9. The SMILES string of the molecule is CC(C)[Si](C(C)C)(C(C)C)n1c(Br)c([Si](C)(C)c2ccccc2)c2cc(Br)ccc21. The summed E-state index contributed by atoms with van der Waals surface area (Å²) in [7, 11) is -3.83. The molecule has 0 spiro atoms. The van der Waals surface area contributed by atoms with E-state index in [-0.39, 0.29) is 0 Å². The Morgan fingerprint density at radius 3 is 1.80 bits per heavy atom. The van der Waals surface area contributed by atoms with Crippen LogP contribution in [0.2, 0.25) is 29.7 Å². The molecule has 0 saturated carbocycles. The Balaban J connectivity index is 2.49. The summed E-state index contributed by atoms with van der Waals surface area (Å²) in [4.78, 5) is 0. The first kappa shape index (κ1) is 24.0. The monoisotopic (exact) mass is 563 g/mol. The van der Waals surface area contributed by atoms with Gasteiger partial charge in [0.1, 0.15) is 8.07 Å². The lowest BCUT2D eigenvalue weighted by molar-refractivity contribution is 0.769. The Morgan fingerprint density at radius 1 is 0.767 bits per heavy atom. The van der Waals surface area contributed by atoms with Crippen LogP contribution in [-0.2, 0) is 0 Å². The Hall–Kier alpha value is -0.626. The van der Waals surface area contributed by atoms with Crippen LogP contribution >= 0.6 is 31.9 Å². The molecule has 0 amide bonds. The molecule has 0 saturated heterocycles. The lowest BCUT2D eigenvalue weighted by Crippen LogP contribution is -2.55. The van der Waals surface area contributed by atoms with Gasteiger partial charge in [0.05, 0.1) is 4.60 Å². The highest BCUT2D eigenvalue weighted by Gasteiger charge is 2.48. The summed E-state index contributed by atoms with van der Waals surface area (Å²) >= 11 is 7.97. The standard InChI is InChI=1S/C25H35Br2NSi2/c1-17(2)30(18(3)4,19(5)6)28-23-15-14-20(26)16-22(23)24(25(28)27)29(7,8)21-12-10-9-11-13-21/h9-19H,1-8H3. The Labute approximate surface area is 201 Å². The first-order valence-electron chi connectivity index (χ1n) is 11.0. The van der Waals surface area contributed by atoms with Gasteiger partial charge in [0.15, 0.2) is 8.24 Å². The van der Waals surface area contributed by atoms with E-state index in [2.05, 4.69) is 139 Å². The molecule has 1 nitrogen and oxygen atoms in total. The molecule has 3 rings (SSSR count). The zero-order chi connectivity index (χ0) is 22.4. The molecule has 162 valence electrons. The second-order valence-corrected chi connectivity index (χ2v) is 21.7. The number of halogens is 2. The van der Waals surface area contributed by atoms with Crippen LogP contribution in [-0.4, -0.2) is 20.5 Å². The molecule has 0 atom stereocenters. The van der Waals surface area contributed by atoms with Crippen molar-refractivity contribution in [3.05, 3.63) is 57.6 Å². The largest absolute Gasteiger partial charge is 0.362 e. The smallest absolute Gasteiger partial charge is 0.170 e. The van der Waals surface area contributed by atoms with Crippen molar-refractivity contribution in [2.24, 2.45) is 0 Å². The molecular formula is C25H35Br2NSi2. The van der Waals surface area contributed by atoms with Gasteiger partial charge < -0.3 is 4.23 Å². The van der Waals surface area contributed by atoms with E-state index in [0.717, 1.165) is 4.47 Å². The lowest BCUT2D eigenvalue weighted by atomic mass is 10.2. The van der Waals surface area contributed by atoms with Gasteiger partial charge in [-0.2, -0.15) is 0 Å². The molecule has 0 radical (unpaired) electrons. The van der Waals surface area contributed by atoms with Crippen molar-refractivity contribution >= 4 is 69.4 Å². The van der Waals surface area contributed by atoms with Crippen molar-refractivity contribution in [2.75, 3.05) is 0 Å². The predicted octanol–water partition coefficient (Wildman–Crippen LogP) is 8.01. The van der Waals surface area contributed by atoms with Crippen LogP contribution in [0.15, 0.2) is 57.6 Å². The van der Waals surface area contributed by atoms with Gasteiger partial charge >= 0.3 is 0 Å². The summed E-state index contributed by atoms with van der Waals surface area (Å²) in [5.74, 6) is 0. The Morgan fingerprint density at radius 2 is 1.30 bits per heavy atom. The number of fused-ring (bicyclic) bond motifs is 1.